The molecule has 0 saturated carbocycles. The van der Waals surface area contributed by atoms with E-state index in [1.165, 1.54) is 0 Å². The Morgan fingerprint density at radius 2 is 2.00 bits per heavy atom. The average Bonchev–Trinajstić information content (AvgIpc) is 3.02. The second kappa shape index (κ2) is 7.17. The zero-order valence-electron chi connectivity index (χ0n) is 13.9. The number of carbonyl (C=O) groups excluding carboxylic acids is 1. The fourth-order valence-corrected chi connectivity index (χ4v) is 2.38. The van der Waals surface area contributed by atoms with Gasteiger partial charge in [-0.3, -0.25) is 4.79 Å². The smallest absolute Gasteiger partial charge is 0.258 e. The summed E-state index contributed by atoms with van der Waals surface area (Å²) in [4.78, 5) is 19.8. The highest BCUT2D eigenvalue weighted by atomic mass is 16.5. The molecule has 5 nitrogen and oxygen atoms in total. The van der Waals surface area contributed by atoms with Crippen molar-refractivity contribution in [1.82, 2.24) is 15.3 Å². The van der Waals surface area contributed by atoms with Gasteiger partial charge in [0.2, 0.25) is 0 Å². The Bertz CT molecular complexity index is 825. The molecule has 5 heteroatoms. The predicted molar refractivity (Wildman–Crippen MR) is 94.0 cm³/mol. The minimum Gasteiger partial charge on any atom is -0.484 e. The number of aromatic amines is 1. The van der Waals surface area contributed by atoms with Crippen molar-refractivity contribution >= 4 is 16.9 Å². The van der Waals surface area contributed by atoms with Crippen LogP contribution in [0.2, 0.25) is 0 Å². The number of hydrogen-bond donors (Lipinski definition) is 2. The molecule has 24 heavy (non-hydrogen) atoms. The van der Waals surface area contributed by atoms with Crippen LogP contribution in [0, 0.1) is 0 Å². The predicted octanol–water partition coefficient (Wildman–Crippen LogP) is 3.38. The highest BCUT2D eigenvalue weighted by Crippen LogP contribution is 2.18. The van der Waals surface area contributed by atoms with Crippen LogP contribution in [-0.4, -0.2) is 22.5 Å². The first-order valence-corrected chi connectivity index (χ1v) is 8.05. The Morgan fingerprint density at radius 3 is 2.75 bits per heavy atom. The van der Waals surface area contributed by atoms with Crippen LogP contribution in [0.1, 0.15) is 31.2 Å². The van der Waals surface area contributed by atoms with E-state index >= 15 is 0 Å². The second-order valence-electron chi connectivity index (χ2n) is 6.01. The molecule has 0 fully saturated rings. The van der Waals surface area contributed by atoms with Gasteiger partial charge < -0.3 is 15.0 Å². The van der Waals surface area contributed by atoms with Crippen LogP contribution in [0.5, 0.6) is 5.75 Å². The molecule has 0 bridgehead atoms. The van der Waals surface area contributed by atoms with E-state index in [0.717, 1.165) is 22.4 Å². The van der Waals surface area contributed by atoms with Crippen molar-refractivity contribution in [1.29, 1.82) is 0 Å². The van der Waals surface area contributed by atoms with Crippen molar-refractivity contribution in [3.63, 3.8) is 0 Å². The average molecular weight is 323 g/mol. The van der Waals surface area contributed by atoms with Gasteiger partial charge in [-0.05, 0) is 29.8 Å². The van der Waals surface area contributed by atoms with Gasteiger partial charge in [0.15, 0.2) is 6.61 Å². The molecule has 0 spiro atoms. The van der Waals surface area contributed by atoms with Crippen molar-refractivity contribution in [2.24, 2.45) is 0 Å². The summed E-state index contributed by atoms with van der Waals surface area (Å²) in [6.07, 6.45) is 0. The molecule has 0 aliphatic heterocycles. The lowest BCUT2D eigenvalue weighted by Crippen LogP contribution is -2.28. The summed E-state index contributed by atoms with van der Waals surface area (Å²) in [6, 6.07) is 15.3. The van der Waals surface area contributed by atoms with E-state index < -0.39 is 0 Å². The molecule has 1 heterocycles. The Balaban J connectivity index is 1.55. The summed E-state index contributed by atoms with van der Waals surface area (Å²) < 4.78 is 5.43. The number of rotatable bonds is 6. The van der Waals surface area contributed by atoms with Crippen LogP contribution in [0.25, 0.3) is 11.0 Å². The van der Waals surface area contributed by atoms with E-state index in [-0.39, 0.29) is 12.5 Å². The lowest BCUT2D eigenvalue weighted by atomic mass is 10.2. The first-order chi connectivity index (χ1) is 11.6. The Morgan fingerprint density at radius 1 is 1.21 bits per heavy atom. The van der Waals surface area contributed by atoms with Gasteiger partial charge in [0.05, 0.1) is 11.0 Å². The van der Waals surface area contributed by atoms with Crippen molar-refractivity contribution in [2.75, 3.05) is 6.61 Å². The van der Waals surface area contributed by atoms with E-state index in [2.05, 4.69) is 29.1 Å². The number of carbonyl (C=O) groups is 1. The topological polar surface area (TPSA) is 67.0 Å². The molecule has 0 aliphatic carbocycles. The van der Waals surface area contributed by atoms with Crippen LogP contribution in [0.15, 0.2) is 48.5 Å². The zero-order chi connectivity index (χ0) is 16.9. The van der Waals surface area contributed by atoms with E-state index in [9.17, 15) is 4.79 Å². The van der Waals surface area contributed by atoms with Gasteiger partial charge in [0.25, 0.3) is 5.91 Å². The quantitative estimate of drug-likeness (QED) is 0.731. The zero-order valence-corrected chi connectivity index (χ0v) is 13.9. The Hall–Kier alpha value is -2.82. The number of benzene rings is 2. The van der Waals surface area contributed by atoms with Crippen LogP contribution < -0.4 is 10.1 Å². The van der Waals surface area contributed by atoms with Gasteiger partial charge in [-0.25, -0.2) is 4.98 Å². The van der Waals surface area contributed by atoms with Gasteiger partial charge in [-0.15, -0.1) is 0 Å². The number of para-hydroxylation sites is 1. The van der Waals surface area contributed by atoms with Crippen LogP contribution in [0.3, 0.4) is 0 Å². The molecule has 0 aliphatic rings. The fraction of sp³-hybridized carbons (Fsp3) is 0.263. The number of nitrogens with one attached hydrogen (secondary N) is 2. The minimum atomic E-state index is -0.147. The van der Waals surface area contributed by atoms with E-state index in [1.54, 1.807) is 0 Å². The lowest BCUT2D eigenvalue weighted by Gasteiger charge is -2.07. The third-order valence-electron chi connectivity index (χ3n) is 3.71. The van der Waals surface area contributed by atoms with Crippen molar-refractivity contribution in [3.05, 3.63) is 59.9 Å². The number of amides is 1. The summed E-state index contributed by atoms with van der Waals surface area (Å²) in [5.74, 6) is 1.87. The normalized spacial score (nSPS) is 11.0. The third kappa shape index (κ3) is 3.93. The summed E-state index contributed by atoms with van der Waals surface area (Å²) in [5, 5.41) is 2.87. The number of nitrogens with zero attached hydrogens (tertiary/aromatic N) is 1. The van der Waals surface area contributed by atoms with Crippen LogP contribution in [-0.2, 0) is 11.3 Å². The highest BCUT2D eigenvalue weighted by molar-refractivity contribution is 5.78. The maximum atomic E-state index is 11.9. The molecule has 3 rings (SSSR count). The van der Waals surface area contributed by atoms with Crippen LogP contribution in [0.4, 0.5) is 0 Å². The van der Waals surface area contributed by atoms with Gasteiger partial charge >= 0.3 is 0 Å². The van der Waals surface area contributed by atoms with Crippen molar-refractivity contribution in [2.45, 2.75) is 26.3 Å². The summed E-state index contributed by atoms with van der Waals surface area (Å²) >= 11 is 0. The monoisotopic (exact) mass is 323 g/mol. The SMILES string of the molecule is CC(C)c1nc2ccc(CNC(=O)COc3ccccc3)cc2[nH]1. The van der Waals surface area contributed by atoms with Crippen LogP contribution >= 0.6 is 0 Å². The van der Waals surface area contributed by atoms with Gasteiger partial charge in [0, 0.05) is 12.5 Å². The number of fused-ring (bicyclic) bond motifs is 1. The molecule has 0 saturated heterocycles. The minimum absolute atomic E-state index is 0.00775. The molecule has 2 aromatic carbocycles. The Labute approximate surface area is 141 Å². The number of aromatic nitrogens is 2. The molecule has 0 radical (unpaired) electrons. The molecule has 0 unspecified atom stereocenters. The summed E-state index contributed by atoms with van der Waals surface area (Å²) in [5.41, 5.74) is 2.96. The molecule has 1 aromatic heterocycles. The van der Waals surface area contributed by atoms with E-state index in [4.69, 9.17) is 4.74 Å². The maximum Gasteiger partial charge on any atom is 0.258 e. The number of hydrogen-bond acceptors (Lipinski definition) is 3. The Kier molecular flexibility index (Phi) is 4.79. The second-order valence-corrected chi connectivity index (χ2v) is 6.01. The van der Waals surface area contributed by atoms with Gasteiger partial charge in [-0.2, -0.15) is 0 Å². The molecule has 3 aromatic rings. The van der Waals surface area contributed by atoms with Crippen molar-refractivity contribution < 1.29 is 9.53 Å². The number of ether oxygens (including phenoxy) is 1. The third-order valence-corrected chi connectivity index (χ3v) is 3.71. The molecule has 1 amide bonds. The number of H-pyrrole nitrogens is 1. The molecule has 0 atom stereocenters. The molecule has 124 valence electrons. The standard InChI is InChI=1S/C19H21N3O2/c1-13(2)19-21-16-9-8-14(10-17(16)22-19)11-20-18(23)12-24-15-6-4-3-5-7-15/h3-10,13H,11-12H2,1-2H3,(H,20,23)(H,21,22). The highest BCUT2D eigenvalue weighted by Gasteiger charge is 2.08. The molecular formula is C19H21N3O2. The summed E-state index contributed by atoms with van der Waals surface area (Å²) in [7, 11) is 0. The van der Waals surface area contributed by atoms with E-state index in [0.29, 0.717) is 18.2 Å². The van der Waals surface area contributed by atoms with E-state index in [1.807, 2.05) is 48.5 Å². The maximum absolute atomic E-state index is 11.9. The molecular weight excluding hydrogens is 302 g/mol. The first kappa shape index (κ1) is 16.1. The fourth-order valence-electron chi connectivity index (χ4n) is 2.38. The number of imidazole rings is 1. The largest absolute Gasteiger partial charge is 0.484 e. The van der Waals surface area contributed by atoms with Gasteiger partial charge in [-0.1, -0.05) is 38.1 Å². The van der Waals surface area contributed by atoms with Crippen molar-refractivity contribution in [3.8, 4) is 5.75 Å². The van der Waals surface area contributed by atoms with Gasteiger partial charge in [0.1, 0.15) is 11.6 Å². The summed E-state index contributed by atoms with van der Waals surface area (Å²) in [6.45, 7) is 4.67. The lowest BCUT2D eigenvalue weighted by molar-refractivity contribution is -0.123. The first-order valence-electron chi connectivity index (χ1n) is 8.05. The molecule has 2 N–H and O–H groups in total.